The molecule has 0 aliphatic rings. The highest BCUT2D eigenvalue weighted by atomic mass is 16.5. The van der Waals surface area contributed by atoms with E-state index in [4.69, 9.17) is 9.47 Å². The van der Waals surface area contributed by atoms with Crippen molar-refractivity contribution in [3.05, 3.63) is 149 Å². The Morgan fingerprint density at radius 3 is 1.11 bits per heavy atom. The lowest BCUT2D eigenvalue weighted by molar-refractivity contribution is 0.0325. The van der Waals surface area contributed by atoms with Crippen LogP contribution in [-0.2, 0) is 9.47 Å². The molecule has 5 rings (SSSR count). The minimum absolute atomic E-state index is 0.102. The highest BCUT2D eigenvalue weighted by Crippen LogP contribution is 2.24. The molecule has 13 nitrogen and oxygen atoms in total. The van der Waals surface area contributed by atoms with E-state index in [-0.39, 0.29) is 68.6 Å². The third-order valence-electron chi connectivity index (χ3n) is 8.61. The number of benzene rings is 4. The van der Waals surface area contributed by atoms with Gasteiger partial charge in [-0.05, 0) is 87.4 Å². The number of aromatic nitrogens is 1. The molecule has 286 valence electrons. The molecule has 0 bridgehead atoms. The summed E-state index contributed by atoms with van der Waals surface area (Å²) in [6.07, 6.45) is 0.619. The molecule has 1 aromatic heterocycles. The van der Waals surface area contributed by atoms with Crippen molar-refractivity contribution in [2.75, 3.05) is 21.3 Å². The van der Waals surface area contributed by atoms with Gasteiger partial charge in [0, 0.05) is 0 Å². The van der Waals surface area contributed by atoms with Crippen molar-refractivity contribution in [1.82, 2.24) is 4.98 Å². The van der Waals surface area contributed by atoms with E-state index in [1.54, 1.807) is 86.6 Å². The molecule has 4 aromatic carbocycles. The number of esters is 2. The van der Waals surface area contributed by atoms with Crippen LogP contribution in [0, 0.1) is 0 Å². The molecule has 13 heteroatoms. The summed E-state index contributed by atoms with van der Waals surface area (Å²) in [5, 5.41) is 10.8. The number of carbonyl (C=O) groups is 6. The summed E-state index contributed by atoms with van der Waals surface area (Å²) in [6.45, 7) is 7.32. The minimum atomic E-state index is -0.706. The van der Waals surface area contributed by atoms with E-state index < -0.39 is 35.6 Å². The van der Waals surface area contributed by atoms with E-state index in [1.807, 2.05) is 13.8 Å². The number of carbonyl (C=O) groups excluding carboxylic acids is 6. The Morgan fingerprint density at radius 1 is 0.446 bits per heavy atom. The van der Waals surface area contributed by atoms with Crippen molar-refractivity contribution in [3.8, 4) is 0 Å². The van der Waals surface area contributed by atoms with Gasteiger partial charge in [0.25, 0.3) is 23.6 Å². The molecule has 0 fully saturated rings. The smallest absolute Gasteiger partial charge is 0.340 e. The first-order chi connectivity index (χ1) is 27.0. The maximum Gasteiger partial charge on any atom is 0.340 e. The first-order valence-electron chi connectivity index (χ1n) is 18.0. The van der Waals surface area contributed by atoms with Gasteiger partial charge in [0.1, 0.15) is 11.4 Å². The zero-order chi connectivity index (χ0) is 40.2. The molecule has 5 aromatic rings. The molecule has 0 aliphatic carbocycles. The van der Waals surface area contributed by atoms with E-state index >= 15 is 0 Å². The topological polar surface area (TPSA) is 182 Å². The normalized spacial score (nSPS) is 11.6. The van der Waals surface area contributed by atoms with Crippen LogP contribution >= 0.6 is 0 Å². The van der Waals surface area contributed by atoms with Crippen LogP contribution in [-0.4, -0.2) is 52.8 Å². The summed E-state index contributed by atoms with van der Waals surface area (Å²) in [5.41, 5.74) is 1.08. The fraction of sp³-hybridized carbons (Fsp3) is 0.186. The number of amides is 4. The van der Waals surface area contributed by atoms with E-state index in [2.05, 4.69) is 26.3 Å². The SMILES string of the molecule is CC[C@H](C)OC(=O)c1ccccc1NC(=O)c1ccccc1NC(=O)c1cccc(C(=O)Nc2ccccc2C(=O)Nc2ccccc2C(=O)O[C@@H](C)CC)n1. The number of hydrogen-bond donors (Lipinski definition) is 4. The Hall–Kier alpha value is -7.15. The standard InChI is InChI=1S/C43H41N5O8/c1-5-26(3)55-42(53)30-18-9-13-22-34(30)45-38(49)28-16-7-11-20-32(28)47-40(51)36-24-15-25-37(44-36)41(52)48-33-21-12-8-17-29(33)39(50)46-35-23-14-10-19-31(35)43(54)56-27(4)6-2/h7-27H,5-6H2,1-4H3,(H,45,49)(H,46,50)(H,47,51)(H,48,52)/t26-,27-/m0/s1. The second kappa shape index (κ2) is 18.7. The van der Waals surface area contributed by atoms with Crippen LogP contribution in [0.1, 0.15) is 103 Å². The fourth-order valence-electron chi connectivity index (χ4n) is 5.22. The van der Waals surface area contributed by atoms with Crippen molar-refractivity contribution in [2.45, 2.75) is 52.7 Å². The van der Waals surface area contributed by atoms with Crippen molar-refractivity contribution >= 4 is 58.3 Å². The number of anilines is 4. The molecule has 0 saturated heterocycles. The number of hydrogen-bond acceptors (Lipinski definition) is 9. The van der Waals surface area contributed by atoms with Gasteiger partial charge in [-0.25, -0.2) is 14.6 Å². The molecule has 4 N–H and O–H groups in total. The fourth-order valence-corrected chi connectivity index (χ4v) is 5.22. The number of nitrogens with zero attached hydrogens (tertiary/aromatic N) is 1. The van der Waals surface area contributed by atoms with Gasteiger partial charge in [-0.15, -0.1) is 0 Å². The Kier molecular flexibility index (Phi) is 13.4. The van der Waals surface area contributed by atoms with E-state index in [1.165, 1.54) is 42.5 Å². The van der Waals surface area contributed by atoms with E-state index in [9.17, 15) is 28.8 Å². The highest BCUT2D eigenvalue weighted by molar-refractivity contribution is 6.15. The highest BCUT2D eigenvalue weighted by Gasteiger charge is 2.22. The zero-order valence-corrected chi connectivity index (χ0v) is 31.3. The Bertz CT molecular complexity index is 2120. The summed E-state index contributed by atoms with van der Waals surface area (Å²) in [6, 6.07) is 29.7. The molecule has 1 heterocycles. The van der Waals surface area contributed by atoms with Crippen molar-refractivity contribution in [1.29, 1.82) is 0 Å². The van der Waals surface area contributed by atoms with Gasteiger partial charge < -0.3 is 30.7 Å². The molecule has 0 spiro atoms. The molecular weight excluding hydrogens is 714 g/mol. The Morgan fingerprint density at radius 2 is 0.750 bits per heavy atom. The first-order valence-corrected chi connectivity index (χ1v) is 18.0. The van der Waals surface area contributed by atoms with Gasteiger partial charge >= 0.3 is 11.9 Å². The van der Waals surface area contributed by atoms with Gasteiger partial charge in [0.15, 0.2) is 0 Å². The number of para-hydroxylation sites is 4. The molecule has 0 aliphatic heterocycles. The first kappa shape index (κ1) is 40.0. The van der Waals surface area contributed by atoms with Crippen LogP contribution in [0.3, 0.4) is 0 Å². The van der Waals surface area contributed by atoms with Crippen LogP contribution in [0.5, 0.6) is 0 Å². The largest absolute Gasteiger partial charge is 0.459 e. The molecule has 0 unspecified atom stereocenters. The number of ether oxygens (including phenoxy) is 2. The van der Waals surface area contributed by atoms with Gasteiger partial charge in [-0.1, -0.05) is 68.4 Å². The summed E-state index contributed by atoms with van der Waals surface area (Å²) in [4.78, 5) is 83.6. The third-order valence-corrected chi connectivity index (χ3v) is 8.61. The second-order valence-corrected chi connectivity index (χ2v) is 12.7. The quantitative estimate of drug-likeness (QED) is 0.0816. The number of pyridine rings is 1. The van der Waals surface area contributed by atoms with Crippen molar-refractivity contribution in [2.24, 2.45) is 0 Å². The van der Waals surface area contributed by atoms with Crippen LogP contribution in [0.2, 0.25) is 0 Å². The second-order valence-electron chi connectivity index (χ2n) is 12.7. The predicted molar refractivity (Wildman–Crippen MR) is 212 cm³/mol. The van der Waals surface area contributed by atoms with E-state index in [0.29, 0.717) is 12.8 Å². The van der Waals surface area contributed by atoms with Crippen LogP contribution in [0.25, 0.3) is 0 Å². The lowest BCUT2D eigenvalue weighted by atomic mass is 10.1. The lowest BCUT2D eigenvalue weighted by Crippen LogP contribution is -2.22. The molecule has 0 saturated carbocycles. The number of nitrogens with one attached hydrogen (secondary N) is 4. The van der Waals surface area contributed by atoms with Crippen LogP contribution in [0.4, 0.5) is 22.7 Å². The van der Waals surface area contributed by atoms with Crippen molar-refractivity contribution in [3.63, 3.8) is 0 Å². The number of rotatable bonds is 14. The van der Waals surface area contributed by atoms with Gasteiger partial charge in [-0.3, -0.25) is 19.2 Å². The minimum Gasteiger partial charge on any atom is -0.459 e. The molecule has 4 amide bonds. The Balaban J connectivity index is 1.29. The maximum atomic E-state index is 13.5. The summed E-state index contributed by atoms with van der Waals surface area (Å²) in [5.74, 6) is -3.77. The molecule has 0 radical (unpaired) electrons. The summed E-state index contributed by atoms with van der Waals surface area (Å²) >= 11 is 0. The lowest BCUT2D eigenvalue weighted by Gasteiger charge is -2.15. The molecule has 2 atom stereocenters. The van der Waals surface area contributed by atoms with Gasteiger partial charge in [0.2, 0.25) is 0 Å². The van der Waals surface area contributed by atoms with Crippen LogP contribution in [0.15, 0.2) is 115 Å². The average Bonchev–Trinajstić information content (AvgIpc) is 3.21. The zero-order valence-electron chi connectivity index (χ0n) is 31.3. The maximum absolute atomic E-state index is 13.5. The van der Waals surface area contributed by atoms with E-state index in [0.717, 1.165) is 0 Å². The summed E-state index contributed by atoms with van der Waals surface area (Å²) in [7, 11) is 0. The summed E-state index contributed by atoms with van der Waals surface area (Å²) < 4.78 is 10.9. The average molecular weight is 756 g/mol. The monoisotopic (exact) mass is 755 g/mol. The third kappa shape index (κ3) is 10.1. The molecular formula is C43H41N5O8. The Labute approximate surface area is 323 Å². The van der Waals surface area contributed by atoms with Gasteiger partial charge in [-0.2, -0.15) is 0 Å². The molecule has 56 heavy (non-hydrogen) atoms. The van der Waals surface area contributed by atoms with Crippen molar-refractivity contribution < 1.29 is 38.2 Å². The van der Waals surface area contributed by atoms with Crippen LogP contribution < -0.4 is 21.3 Å². The van der Waals surface area contributed by atoms with Gasteiger partial charge in [0.05, 0.1) is 57.2 Å². The predicted octanol–water partition coefficient (Wildman–Crippen LogP) is 8.00.